The van der Waals surface area contributed by atoms with Crippen molar-refractivity contribution >= 4 is 0 Å². The van der Waals surface area contributed by atoms with Crippen molar-refractivity contribution in [3.63, 3.8) is 0 Å². The third-order valence-corrected chi connectivity index (χ3v) is 2.47. The Morgan fingerprint density at radius 2 is 2.00 bits per heavy atom. The maximum absolute atomic E-state index is 3.21. The van der Waals surface area contributed by atoms with Crippen LogP contribution in [0.2, 0.25) is 0 Å². The molecular weight excluding hydrogens is 158 g/mol. The average molecular weight is 183 g/mol. The first-order valence-electron chi connectivity index (χ1n) is 5.64. The van der Waals surface area contributed by atoms with Gasteiger partial charge in [0.2, 0.25) is 0 Å². The summed E-state index contributed by atoms with van der Waals surface area (Å²) in [7, 11) is 2.03. The van der Waals surface area contributed by atoms with Gasteiger partial charge in [-0.2, -0.15) is 0 Å². The molecule has 0 aliphatic rings. The van der Waals surface area contributed by atoms with Gasteiger partial charge in [0, 0.05) is 0 Å². The molecule has 0 spiro atoms. The second kappa shape index (κ2) is 9.79. The van der Waals surface area contributed by atoms with Crippen LogP contribution in [0, 0.1) is 5.92 Å². The normalized spacial score (nSPS) is 13.8. The molecule has 0 aromatic heterocycles. The summed E-state index contributed by atoms with van der Waals surface area (Å²) in [5.41, 5.74) is 0. The molecule has 0 saturated heterocycles. The zero-order chi connectivity index (χ0) is 9.94. The highest BCUT2D eigenvalue weighted by Gasteiger charge is 2.02. The minimum Gasteiger partial charge on any atom is -0.320 e. The van der Waals surface area contributed by atoms with Gasteiger partial charge < -0.3 is 5.32 Å². The molecule has 0 fully saturated rings. The van der Waals surface area contributed by atoms with Crippen molar-refractivity contribution in [2.75, 3.05) is 13.6 Å². The Kier molecular flexibility index (Phi) is 9.56. The van der Waals surface area contributed by atoms with Crippen LogP contribution in [-0.4, -0.2) is 13.6 Å². The summed E-state index contributed by atoms with van der Waals surface area (Å²) in [5.74, 6) is 0.876. The lowest BCUT2D eigenvalue weighted by molar-refractivity contribution is 0.466. The van der Waals surface area contributed by atoms with Crippen molar-refractivity contribution in [3.8, 4) is 0 Å². The van der Waals surface area contributed by atoms with E-state index in [1.165, 1.54) is 32.1 Å². The zero-order valence-corrected chi connectivity index (χ0v) is 9.47. The molecule has 0 saturated carbocycles. The van der Waals surface area contributed by atoms with Gasteiger partial charge in [0.25, 0.3) is 0 Å². The number of hydrogen-bond donors (Lipinski definition) is 1. The van der Waals surface area contributed by atoms with Crippen molar-refractivity contribution < 1.29 is 0 Å². The molecule has 1 N–H and O–H groups in total. The number of allylic oxidation sites excluding steroid dienone is 2. The lowest BCUT2D eigenvalue weighted by Crippen LogP contribution is -2.12. The molecule has 0 bridgehead atoms. The highest BCUT2D eigenvalue weighted by atomic mass is 14.8. The first-order valence-corrected chi connectivity index (χ1v) is 5.64. The number of hydrogen-bond acceptors (Lipinski definition) is 1. The highest BCUT2D eigenvalue weighted by Crippen LogP contribution is 2.13. The van der Waals surface area contributed by atoms with Crippen LogP contribution in [0.15, 0.2) is 12.2 Å². The smallest absolute Gasteiger partial charge is 0.00492 e. The van der Waals surface area contributed by atoms with E-state index in [1.54, 1.807) is 0 Å². The Morgan fingerprint density at radius 1 is 1.23 bits per heavy atom. The van der Waals surface area contributed by atoms with Gasteiger partial charge in [0.1, 0.15) is 0 Å². The second-order valence-corrected chi connectivity index (χ2v) is 3.66. The molecule has 1 heteroatoms. The fourth-order valence-corrected chi connectivity index (χ4v) is 1.41. The van der Waals surface area contributed by atoms with Gasteiger partial charge >= 0.3 is 0 Å². The molecule has 0 heterocycles. The summed E-state index contributed by atoms with van der Waals surface area (Å²) in [6.07, 6.45) is 11.1. The first kappa shape index (κ1) is 12.7. The van der Waals surface area contributed by atoms with E-state index < -0.39 is 0 Å². The van der Waals surface area contributed by atoms with Crippen LogP contribution in [0.1, 0.15) is 46.0 Å². The van der Waals surface area contributed by atoms with E-state index in [0.29, 0.717) is 0 Å². The van der Waals surface area contributed by atoms with Crippen LogP contribution in [0.5, 0.6) is 0 Å². The van der Waals surface area contributed by atoms with Crippen molar-refractivity contribution in [1.29, 1.82) is 0 Å². The molecule has 78 valence electrons. The van der Waals surface area contributed by atoms with Crippen LogP contribution in [0.3, 0.4) is 0 Å². The Morgan fingerprint density at radius 3 is 2.54 bits per heavy atom. The van der Waals surface area contributed by atoms with Gasteiger partial charge in [-0.05, 0) is 38.8 Å². The Balaban J connectivity index is 3.46. The average Bonchev–Trinajstić information content (AvgIpc) is 2.17. The van der Waals surface area contributed by atoms with Crippen LogP contribution < -0.4 is 5.32 Å². The molecule has 1 atom stereocenters. The summed E-state index contributed by atoms with van der Waals surface area (Å²) < 4.78 is 0. The molecule has 0 amide bonds. The predicted molar refractivity (Wildman–Crippen MR) is 61.0 cm³/mol. The largest absolute Gasteiger partial charge is 0.320 e. The van der Waals surface area contributed by atoms with Gasteiger partial charge in [-0.3, -0.25) is 0 Å². The fraction of sp³-hybridized carbons (Fsp3) is 0.833. The Labute approximate surface area is 83.6 Å². The number of nitrogens with one attached hydrogen (secondary N) is 1. The molecule has 0 aromatic rings. The van der Waals surface area contributed by atoms with Crippen LogP contribution in [0.4, 0.5) is 0 Å². The summed E-state index contributed by atoms with van der Waals surface area (Å²) in [4.78, 5) is 0. The molecule has 0 radical (unpaired) electrons. The number of rotatable bonds is 8. The topological polar surface area (TPSA) is 12.0 Å². The van der Waals surface area contributed by atoms with Gasteiger partial charge in [0.05, 0.1) is 0 Å². The fourth-order valence-electron chi connectivity index (χ4n) is 1.41. The lowest BCUT2D eigenvalue weighted by Gasteiger charge is -2.11. The van der Waals surface area contributed by atoms with Crippen molar-refractivity contribution in [3.05, 3.63) is 12.2 Å². The first-order chi connectivity index (χ1) is 6.35. The van der Waals surface area contributed by atoms with E-state index in [0.717, 1.165) is 12.5 Å². The van der Waals surface area contributed by atoms with E-state index in [9.17, 15) is 0 Å². The number of unbranched alkanes of at least 4 members (excludes halogenated alkanes) is 1. The molecule has 0 aliphatic carbocycles. The SMILES string of the molecule is CCC/C=C/C[C@@H](CC)CCNC. The van der Waals surface area contributed by atoms with E-state index >= 15 is 0 Å². The van der Waals surface area contributed by atoms with Gasteiger partial charge in [0.15, 0.2) is 0 Å². The molecule has 0 aliphatic heterocycles. The Bertz CT molecular complexity index is 118. The van der Waals surface area contributed by atoms with Crippen molar-refractivity contribution in [2.24, 2.45) is 5.92 Å². The summed E-state index contributed by atoms with van der Waals surface area (Å²) >= 11 is 0. The van der Waals surface area contributed by atoms with Crippen LogP contribution >= 0.6 is 0 Å². The zero-order valence-electron chi connectivity index (χ0n) is 9.47. The molecule has 0 rings (SSSR count). The van der Waals surface area contributed by atoms with E-state index in [4.69, 9.17) is 0 Å². The summed E-state index contributed by atoms with van der Waals surface area (Å²) in [6.45, 7) is 5.66. The minimum atomic E-state index is 0.876. The Hall–Kier alpha value is -0.300. The van der Waals surface area contributed by atoms with Crippen LogP contribution in [-0.2, 0) is 0 Å². The van der Waals surface area contributed by atoms with E-state index in [-0.39, 0.29) is 0 Å². The highest BCUT2D eigenvalue weighted by molar-refractivity contribution is 4.83. The summed E-state index contributed by atoms with van der Waals surface area (Å²) in [5, 5.41) is 3.21. The standard InChI is InChI=1S/C12H25N/c1-4-6-7-8-9-12(5-2)10-11-13-3/h7-8,12-13H,4-6,9-11H2,1-3H3/b8-7+/t12-/m1/s1. The third kappa shape index (κ3) is 8.04. The minimum absolute atomic E-state index is 0.876. The lowest BCUT2D eigenvalue weighted by atomic mass is 9.98. The van der Waals surface area contributed by atoms with Crippen LogP contribution in [0.25, 0.3) is 0 Å². The van der Waals surface area contributed by atoms with Gasteiger partial charge in [-0.15, -0.1) is 0 Å². The van der Waals surface area contributed by atoms with Gasteiger partial charge in [-0.25, -0.2) is 0 Å². The van der Waals surface area contributed by atoms with E-state index in [2.05, 4.69) is 31.3 Å². The predicted octanol–water partition coefficient (Wildman–Crippen LogP) is 3.37. The van der Waals surface area contributed by atoms with Crippen molar-refractivity contribution in [2.45, 2.75) is 46.0 Å². The van der Waals surface area contributed by atoms with E-state index in [1.807, 2.05) is 7.05 Å². The quantitative estimate of drug-likeness (QED) is 0.569. The summed E-state index contributed by atoms with van der Waals surface area (Å²) in [6, 6.07) is 0. The van der Waals surface area contributed by atoms with Crippen molar-refractivity contribution in [1.82, 2.24) is 5.32 Å². The molecule has 0 unspecified atom stereocenters. The van der Waals surface area contributed by atoms with Gasteiger partial charge in [-0.1, -0.05) is 38.8 Å². The third-order valence-electron chi connectivity index (χ3n) is 2.47. The molecular formula is C12H25N. The monoisotopic (exact) mass is 183 g/mol. The maximum atomic E-state index is 3.21. The molecule has 13 heavy (non-hydrogen) atoms. The molecule has 1 nitrogen and oxygen atoms in total. The second-order valence-electron chi connectivity index (χ2n) is 3.66. The molecule has 0 aromatic carbocycles. The maximum Gasteiger partial charge on any atom is -0.00492 e.